The number of nitrogens with one attached hydrogen (secondary N) is 1. The number of rotatable bonds is 9. The molecule has 0 atom stereocenters. The number of primary amides is 1. The van der Waals surface area contributed by atoms with E-state index in [9.17, 15) is 9.18 Å². The van der Waals surface area contributed by atoms with E-state index in [0.717, 1.165) is 29.0 Å². The number of carbonyl (C=O) groups is 1. The standard InChI is InChI=1S/C16H22ClNO.C13H10FN3O/c17-15-12-13(4-3-11-18-9-1-2-10-18)5-8-16(15)19-14-6-7-14;14-10-5-6-11(17-7-10)8-1-3-9(4-2-8)12(15)13(16)18/h5,8,12,14H,1-4,6-7,9-11H2;1-7,15H,(H2,16,18). The quantitative estimate of drug-likeness (QED) is 0.355. The van der Waals surface area contributed by atoms with E-state index < -0.39 is 11.7 Å². The minimum Gasteiger partial charge on any atom is -0.489 e. The highest BCUT2D eigenvalue weighted by molar-refractivity contribution is 6.43. The van der Waals surface area contributed by atoms with Crippen LogP contribution >= 0.6 is 11.6 Å². The molecule has 194 valence electrons. The third-order valence-electron chi connectivity index (χ3n) is 6.40. The molecule has 1 aliphatic heterocycles. The molecule has 2 heterocycles. The number of benzene rings is 2. The fraction of sp³-hybridized carbons (Fsp3) is 0.345. The first-order chi connectivity index (χ1) is 17.9. The second-order valence-corrected chi connectivity index (χ2v) is 9.82. The van der Waals surface area contributed by atoms with Gasteiger partial charge in [-0.2, -0.15) is 0 Å². The number of ether oxygens (including phenoxy) is 1. The molecule has 0 unspecified atom stereocenters. The maximum atomic E-state index is 12.7. The highest BCUT2D eigenvalue weighted by atomic mass is 35.5. The molecule has 0 spiro atoms. The number of aryl methyl sites for hydroxylation is 1. The van der Waals surface area contributed by atoms with E-state index >= 15 is 0 Å². The van der Waals surface area contributed by atoms with E-state index in [1.165, 1.54) is 63.4 Å². The van der Waals surface area contributed by atoms with Gasteiger partial charge in [0, 0.05) is 11.1 Å². The van der Waals surface area contributed by atoms with E-state index in [1.807, 2.05) is 6.07 Å². The van der Waals surface area contributed by atoms with Crippen LogP contribution in [0.4, 0.5) is 4.39 Å². The Morgan fingerprint density at radius 2 is 1.84 bits per heavy atom. The Hall–Kier alpha value is -3.29. The van der Waals surface area contributed by atoms with Crippen LogP contribution in [0, 0.1) is 11.2 Å². The topological polar surface area (TPSA) is 92.3 Å². The van der Waals surface area contributed by atoms with Gasteiger partial charge in [0.25, 0.3) is 5.91 Å². The molecule has 3 aromatic rings. The monoisotopic (exact) mass is 522 g/mol. The first kappa shape index (κ1) is 26.8. The summed E-state index contributed by atoms with van der Waals surface area (Å²) in [6, 6.07) is 15.8. The summed E-state index contributed by atoms with van der Waals surface area (Å²) in [6.45, 7) is 3.79. The number of likely N-dealkylation sites (tertiary alicyclic amines) is 1. The maximum absolute atomic E-state index is 12.7. The average Bonchev–Trinajstić information content (AvgIpc) is 3.57. The molecule has 2 fully saturated rings. The average molecular weight is 523 g/mol. The lowest BCUT2D eigenvalue weighted by molar-refractivity contribution is -0.112. The summed E-state index contributed by atoms with van der Waals surface area (Å²) in [5.41, 5.74) is 7.93. The molecule has 6 nitrogen and oxygen atoms in total. The van der Waals surface area contributed by atoms with Crippen LogP contribution in [0.1, 0.15) is 43.2 Å². The van der Waals surface area contributed by atoms with Crippen molar-refractivity contribution in [3.8, 4) is 17.0 Å². The van der Waals surface area contributed by atoms with Crippen LogP contribution in [-0.4, -0.2) is 47.2 Å². The summed E-state index contributed by atoms with van der Waals surface area (Å²) in [5, 5.41) is 8.22. The first-order valence-electron chi connectivity index (χ1n) is 12.7. The molecule has 3 N–H and O–H groups in total. The summed E-state index contributed by atoms with van der Waals surface area (Å²) < 4.78 is 18.5. The number of pyridine rings is 1. The Labute approximate surface area is 222 Å². The lowest BCUT2D eigenvalue weighted by Crippen LogP contribution is -2.22. The van der Waals surface area contributed by atoms with Gasteiger partial charge in [-0.1, -0.05) is 41.9 Å². The van der Waals surface area contributed by atoms with Gasteiger partial charge >= 0.3 is 0 Å². The lowest BCUT2D eigenvalue weighted by atomic mass is 10.1. The Balaban J connectivity index is 0.000000173. The molecule has 1 aromatic heterocycles. The van der Waals surface area contributed by atoms with Gasteiger partial charge in [-0.05, 0) is 88.0 Å². The maximum Gasteiger partial charge on any atom is 0.267 e. The van der Waals surface area contributed by atoms with Crippen LogP contribution in [0.25, 0.3) is 11.3 Å². The Morgan fingerprint density at radius 3 is 2.43 bits per heavy atom. The molecule has 0 radical (unpaired) electrons. The van der Waals surface area contributed by atoms with Crippen LogP contribution in [0.15, 0.2) is 60.8 Å². The minimum absolute atomic E-state index is 0.242. The van der Waals surface area contributed by atoms with Crippen molar-refractivity contribution in [3.05, 3.63) is 82.8 Å². The molecule has 1 saturated heterocycles. The van der Waals surface area contributed by atoms with Crippen molar-refractivity contribution in [2.45, 2.75) is 44.6 Å². The van der Waals surface area contributed by atoms with E-state index in [4.69, 9.17) is 27.5 Å². The van der Waals surface area contributed by atoms with Gasteiger partial charge in [0.05, 0.1) is 23.0 Å². The number of halogens is 2. The molecule has 5 rings (SSSR count). The van der Waals surface area contributed by atoms with Crippen LogP contribution in [0.2, 0.25) is 5.02 Å². The van der Waals surface area contributed by atoms with Crippen molar-refractivity contribution in [2.24, 2.45) is 5.73 Å². The molecule has 1 aliphatic carbocycles. The third-order valence-corrected chi connectivity index (χ3v) is 6.69. The highest BCUT2D eigenvalue weighted by Gasteiger charge is 2.24. The second kappa shape index (κ2) is 12.8. The Morgan fingerprint density at radius 1 is 1.11 bits per heavy atom. The summed E-state index contributed by atoms with van der Waals surface area (Å²) in [5.74, 6) is -0.319. The summed E-state index contributed by atoms with van der Waals surface area (Å²) >= 11 is 6.27. The predicted octanol–water partition coefficient (Wildman–Crippen LogP) is 5.65. The molecule has 2 aromatic carbocycles. The molecule has 1 amide bonds. The van der Waals surface area contributed by atoms with Crippen LogP contribution < -0.4 is 10.5 Å². The molecule has 0 bridgehead atoms. The molecule has 37 heavy (non-hydrogen) atoms. The van der Waals surface area contributed by atoms with E-state index in [0.29, 0.717) is 17.4 Å². The summed E-state index contributed by atoms with van der Waals surface area (Å²) in [4.78, 5) is 17.3. The normalized spacial score (nSPS) is 15.1. The SMILES string of the molecule is Clc1cc(CCCN2CCCC2)ccc1OC1CC1.N=C(C(N)=O)c1ccc(-c2ccc(F)cn2)cc1. The number of nitrogens with two attached hydrogens (primary N) is 1. The molecule has 8 heteroatoms. The third kappa shape index (κ3) is 8.10. The summed E-state index contributed by atoms with van der Waals surface area (Å²) in [7, 11) is 0. The molecule has 1 saturated carbocycles. The van der Waals surface area contributed by atoms with E-state index in [2.05, 4.69) is 22.0 Å². The molecular formula is C29H32ClFN4O2. The van der Waals surface area contributed by atoms with Gasteiger partial charge in [-0.3, -0.25) is 15.2 Å². The van der Waals surface area contributed by atoms with Crippen LogP contribution in [0.5, 0.6) is 5.75 Å². The first-order valence-corrected chi connectivity index (χ1v) is 13.0. The summed E-state index contributed by atoms with van der Waals surface area (Å²) in [6.07, 6.45) is 8.98. The fourth-order valence-electron chi connectivity index (χ4n) is 4.17. The largest absolute Gasteiger partial charge is 0.489 e. The minimum atomic E-state index is -0.775. The van der Waals surface area contributed by atoms with E-state index in [1.54, 1.807) is 30.3 Å². The lowest BCUT2D eigenvalue weighted by Gasteiger charge is -2.14. The van der Waals surface area contributed by atoms with Gasteiger partial charge in [0.1, 0.15) is 17.3 Å². The zero-order valence-electron chi connectivity index (χ0n) is 20.8. The Kier molecular flexibility index (Phi) is 9.25. The second-order valence-electron chi connectivity index (χ2n) is 9.41. The van der Waals surface area contributed by atoms with Crippen molar-refractivity contribution >= 4 is 23.2 Å². The van der Waals surface area contributed by atoms with Crippen molar-refractivity contribution in [2.75, 3.05) is 19.6 Å². The molecule has 2 aliphatic rings. The number of nitrogens with zero attached hydrogens (tertiary/aromatic N) is 2. The van der Waals surface area contributed by atoms with Crippen molar-refractivity contribution in [1.29, 1.82) is 5.41 Å². The van der Waals surface area contributed by atoms with Gasteiger partial charge in [-0.15, -0.1) is 0 Å². The van der Waals surface area contributed by atoms with Crippen molar-refractivity contribution in [3.63, 3.8) is 0 Å². The smallest absolute Gasteiger partial charge is 0.267 e. The van der Waals surface area contributed by atoms with Gasteiger partial charge in [0.2, 0.25) is 0 Å². The van der Waals surface area contributed by atoms with Gasteiger partial charge in [-0.25, -0.2) is 4.39 Å². The Bertz CT molecular complexity index is 1210. The number of carbonyl (C=O) groups excluding carboxylic acids is 1. The number of hydrogen-bond donors (Lipinski definition) is 2. The number of aromatic nitrogens is 1. The van der Waals surface area contributed by atoms with E-state index in [-0.39, 0.29) is 5.71 Å². The predicted molar refractivity (Wildman–Crippen MR) is 145 cm³/mol. The number of hydrogen-bond acceptors (Lipinski definition) is 5. The van der Waals surface area contributed by atoms with Crippen molar-refractivity contribution < 1.29 is 13.9 Å². The van der Waals surface area contributed by atoms with Crippen molar-refractivity contribution in [1.82, 2.24) is 9.88 Å². The van der Waals surface area contributed by atoms with Gasteiger partial charge in [0.15, 0.2) is 0 Å². The van der Waals surface area contributed by atoms with Crippen LogP contribution in [-0.2, 0) is 11.2 Å². The highest BCUT2D eigenvalue weighted by Crippen LogP contribution is 2.32. The fourth-order valence-corrected chi connectivity index (χ4v) is 4.42. The zero-order valence-corrected chi connectivity index (χ0v) is 21.5. The number of amides is 1. The zero-order chi connectivity index (χ0) is 26.2. The van der Waals surface area contributed by atoms with Crippen LogP contribution in [0.3, 0.4) is 0 Å². The van der Waals surface area contributed by atoms with Gasteiger partial charge < -0.3 is 15.4 Å². The molecular weight excluding hydrogens is 491 g/mol.